The SMILES string of the molecule is COc1ccc(C(CC(=O)N2C(=O)OC[C@H]2c2ccccc2)c2ccc3ccccc3c2)c(C2OCCO2)c1. The molecule has 1 unspecified atom stereocenters. The van der Waals surface area contributed by atoms with E-state index in [1.54, 1.807) is 7.11 Å². The number of benzene rings is 4. The van der Waals surface area contributed by atoms with Crippen LogP contribution in [0.1, 0.15) is 46.9 Å². The van der Waals surface area contributed by atoms with Crippen molar-refractivity contribution in [3.63, 3.8) is 0 Å². The van der Waals surface area contributed by atoms with Gasteiger partial charge < -0.3 is 18.9 Å². The number of carbonyl (C=O) groups excluding carboxylic acids is 2. The zero-order chi connectivity index (χ0) is 26.8. The number of amides is 2. The lowest BCUT2D eigenvalue weighted by Crippen LogP contribution is -2.35. The van der Waals surface area contributed by atoms with Gasteiger partial charge in [-0.3, -0.25) is 4.79 Å². The molecule has 0 N–H and O–H groups in total. The minimum atomic E-state index is -0.622. The molecule has 7 nitrogen and oxygen atoms in total. The van der Waals surface area contributed by atoms with Gasteiger partial charge in [-0.1, -0.05) is 78.9 Å². The highest BCUT2D eigenvalue weighted by molar-refractivity contribution is 5.94. The molecule has 198 valence electrons. The van der Waals surface area contributed by atoms with Crippen LogP contribution in [0, 0.1) is 0 Å². The van der Waals surface area contributed by atoms with E-state index in [0.717, 1.165) is 33.0 Å². The summed E-state index contributed by atoms with van der Waals surface area (Å²) in [4.78, 5) is 28.0. The largest absolute Gasteiger partial charge is 0.497 e. The van der Waals surface area contributed by atoms with Gasteiger partial charge in [-0.25, -0.2) is 9.69 Å². The van der Waals surface area contributed by atoms with E-state index < -0.39 is 18.4 Å². The number of nitrogens with zero attached hydrogens (tertiary/aromatic N) is 1. The molecule has 0 radical (unpaired) electrons. The Kier molecular flexibility index (Phi) is 7.00. The lowest BCUT2D eigenvalue weighted by atomic mass is 9.84. The number of carbonyl (C=O) groups is 2. The summed E-state index contributed by atoms with van der Waals surface area (Å²) in [6.07, 6.45) is -1.13. The molecule has 2 amide bonds. The van der Waals surface area contributed by atoms with Crippen LogP contribution in [0.4, 0.5) is 4.79 Å². The van der Waals surface area contributed by atoms with Gasteiger partial charge in [-0.05, 0) is 39.6 Å². The fourth-order valence-corrected chi connectivity index (χ4v) is 5.46. The van der Waals surface area contributed by atoms with Crippen LogP contribution in [0.3, 0.4) is 0 Å². The highest BCUT2D eigenvalue weighted by atomic mass is 16.7. The zero-order valence-corrected chi connectivity index (χ0v) is 21.6. The fraction of sp³-hybridized carbons (Fsp3) is 0.250. The Bertz CT molecular complexity index is 1500. The van der Waals surface area contributed by atoms with Crippen LogP contribution >= 0.6 is 0 Å². The molecule has 2 saturated heterocycles. The second-order valence-corrected chi connectivity index (χ2v) is 9.70. The van der Waals surface area contributed by atoms with Crippen LogP contribution in [0.2, 0.25) is 0 Å². The molecule has 2 aliphatic heterocycles. The van der Waals surface area contributed by atoms with Crippen molar-refractivity contribution in [1.29, 1.82) is 0 Å². The van der Waals surface area contributed by atoms with E-state index in [9.17, 15) is 9.59 Å². The molecule has 2 atom stereocenters. The van der Waals surface area contributed by atoms with Crippen molar-refractivity contribution in [2.75, 3.05) is 26.9 Å². The first-order valence-electron chi connectivity index (χ1n) is 13.1. The molecule has 39 heavy (non-hydrogen) atoms. The van der Waals surface area contributed by atoms with Crippen molar-refractivity contribution >= 4 is 22.8 Å². The maximum Gasteiger partial charge on any atom is 0.417 e. The number of rotatable bonds is 7. The van der Waals surface area contributed by atoms with E-state index >= 15 is 0 Å². The van der Waals surface area contributed by atoms with Crippen molar-refractivity contribution in [2.24, 2.45) is 0 Å². The number of cyclic esters (lactones) is 1. The van der Waals surface area contributed by atoms with Crippen LogP contribution in [0.5, 0.6) is 5.75 Å². The third-order valence-electron chi connectivity index (χ3n) is 7.43. The summed E-state index contributed by atoms with van der Waals surface area (Å²) in [5, 5.41) is 2.18. The van der Waals surface area contributed by atoms with Crippen molar-refractivity contribution < 1.29 is 28.5 Å². The molecule has 0 saturated carbocycles. The van der Waals surface area contributed by atoms with Crippen molar-refractivity contribution in [3.8, 4) is 5.75 Å². The predicted molar refractivity (Wildman–Crippen MR) is 145 cm³/mol. The van der Waals surface area contributed by atoms with Gasteiger partial charge in [0.1, 0.15) is 18.4 Å². The molecular weight excluding hydrogens is 494 g/mol. The molecule has 0 aromatic heterocycles. The molecule has 7 heteroatoms. The predicted octanol–water partition coefficient (Wildman–Crippen LogP) is 6.14. The Morgan fingerprint density at radius 2 is 1.67 bits per heavy atom. The lowest BCUT2D eigenvalue weighted by Gasteiger charge is -2.26. The van der Waals surface area contributed by atoms with E-state index in [-0.39, 0.29) is 24.9 Å². The molecule has 0 spiro atoms. The van der Waals surface area contributed by atoms with Crippen LogP contribution in [0.15, 0.2) is 91.0 Å². The summed E-state index contributed by atoms with van der Waals surface area (Å²) in [6.45, 7) is 1.10. The molecule has 4 aromatic carbocycles. The number of hydrogen-bond donors (Lipinski definition) is 0. The first-order valence-corrected chi connectivity index (χ1v) is 13.1. The molecule has 4 aromatic rings. The zero-order valence-electron chi connectivity index (χ0n) is 21.6. The van der Waals surface area contributed by atoms with Gasteiger partial charge in [0, 0.05) is 17.9 Å². The monoisotopic (exact) mass is 523 g/mol. The second kappa shape index (κ2) is 10.9. The summed E-state index contributed by atoms with van der Waals surface area (Å²) < 4.78 is 22.6. The van der Waals surface area contributed by atoms with Gasteiger partial charge in [0.05, 0.1) is 20.3 Å². The van der Waals surface area contributed by atoms with Gasteiger partial charge >= 0.3 is 6.09 Å². The number of ether oxygens (including phenoxy) is 4. The highest BCUT2D eigenvalue weighted by Crippen LogP contribution is 2.40. The van der Waals surface area contributed by atoms with Crippen LogP contribution < -0.4 is 4.74 Å². The standard InChI is InChI=1S/C32H29NO6/c1-36-25-13-14-26(28(18-25)31-37-15-16-38-31)27(24-12-11-21-7-5-6-10-23(21)17-24)19-30(34)33-29(20-39-32(33)35)22-8-3-2-4-9-22/h2-14,17-18,27,29,31H,15-16,19-20H2,1H3/t27?,29-/m0/s1. The van der Waals surface area contributed by atoms with Gasteiger partial charge in [0.2, 0.25) is 5.91 Å². The quantitative estimate of drug-likeness (QED) is 0.290. The second-order valence-electron chi connectivity index (χ2n) is 9.70. The van der Waals surface area contributed by atoms with Crippen LogP contribution in [-0.4, -0.2) is 43.8 Å². The van der Waals surface area contributed by atoms with E-state index in [1.807, 2.05) is 66.7 Å². The average Bonchev–Trinajstić information content (AvgIpc) is 3.66. The minimum Gasteiger partial charge on any atom is -0.497 e. The summed E-state index contributed by atoms with van der Waals surface area (Å²) in [5.74, 6) is -0.0103. The summed E-state index contributed by atoms with van der Waals surface area (Å²) in [6, 6.07) is 29.1. The number of methoxy groups -OCH3 is 1. The Labute approximate surface area is 226 Å². The van der Waals surface area contributed by atoms with Crippen molar-refractivity contribution in [1.82, 2.24) is 4.90 Å². The van der Waals surface area contributed by atoms with Gasteiger partial charge in [0.25, 0.3) is 0 Å². The van der Waals surface area contributed by atoms with Gasteiger partial charge in [-0.15, -0.1) is 0 Å². The van der Waals surface area contributed by atoms with Crippen LogP contribution in [-0.2, 0) is 19.0 Å². The number of imide groups is 1. The fourth-order valence-electron chi connectivity index (χ4n) is 5.46. The molecule has 2 heterocycles. The molecular formula is C32H29NO6. The Morgan fingerprint density at radius 3 is 2.44 bits per heavy atom. The molecule has 2 fully saturated rings. The molecule has 0 aliphatic carbocycles. The van der Waals surface area contributed by atoms with Gasteiger partial charge in [0.15, 0.2) is 6.29 Å². The number of hydrogen-bond acceptors (Lipinski definition) is 6. The number of fused-ring (bicyclic) bond motifs is 1. The summed E-state index contributed by atoms with van der Waals surface area (Å²) in [5.41, 5.74) is 3.50. The third kappa shape index (κ3) is 4.99. The molecule has 6 rings (SSSR count). The highest BCUT2D eigenvalue weighted by Gasteiger charge is 2.40. The molecule has 0 bridgehead atoms. The lowest BCUT2D eigenvalue weighted by molar-refractivity contribution is -0.129. The van der Waals surface area contributed by atoms with E-state index in [0.29, 0.717) is 19.0 Å². The Morgan fingerprint density at radius 1 is 0.923 bits per heavy atom. The van der Waals surface area contributed by atoms with Crippen molar-refractivity contribution in [2.45, 2.75) is 24.7 Å². The smallest absolute Gasteiger partial charge is 0.417 e. The Hall–Kier alpha value is -4.20. The summed E-state index contributed by atoms with van der Waals surface area (Å²) in [7, 11) is 1.61. The average molecular weight is 524 g/mol. The van der Waals surface area contributed by atoms with Gasteiger partial charge in [-0.2, -0.15) is 0 Å². The van der Waals surface area contributed by atoms with E-state index in [4.69, 9.17) is 18.9 Å². The first-order chi connectivity index (χ1) is 19.1. The van der Waals surface area contributed by atoms with E-state index in [1.165, 1.54) is 4.90 Å². The summed E-state index contributed by atoms with van der Waals surface area (Å²) >= 11 is 0. The van der Waals surface area contributed by atoms with E-state index in [2.05, 4.69) is 24.3 Å². The molecule has 2 aliphatic rings. The first kappa shape index (κ1) is 25.1. The van der Waals surface area contributed by atoms with Crippen LogP contribution in [0.25, 0.3) is 10.8 Å². The minimum absolute atomic E-state index is 0.0584. The third-order valence-corrected chi connectivity index (χ3v) is 7.43. The normalized spacial score (nSPS) is 18.3. The topological polar surface area (TPSA) is 74.3 Å². The maximum atomic E-state index is 14.0. The maximum absolute atomic E-state index is 14.0. The van der Waals surface area contributed by atoms with Crippen molar-refractivity contribution in [3.05, 3.63) is 113 Å². The Balaban J connectivity index is 1.43.